The van der Waals surface area contributed by atoms with Gasteiger partial charge in [-0.3, -0.25) is 23.4 Å². The van der Waals surface area contributed by atoms with Gasteiger partial charge in [0.1, 0.15) is 0 Å². The average molecular weight is 409 g/mol. The Morgan fingerprint density at radius 2 is 1.89 bits per heavy atom. The quantitative estimate of drug-likeness (QED) is 0.380. The summed E-state index contributed by atoms with van der Waals surface area (Å²) in [6.07, 6.45) is -1.16. The number of ether oxygens (including phenoxy) is 2. The highest BCUT2D eigenvalue weighted by Gasteiger charge is 2.49. The fourth-order valence-electron chi connectivity index (χ4n) is 1.94. The minimum atomic E-state index is -4.10. The first kappa shape index (κ1) is 23.6. The SMILES string of the molecule is COC(=O)CCNC(=O)[C@@H]1OP(=O)(OCOC(=O)C(C)(C)C)OCC1(C)C. The van der Waals surface area contributed by atoms with Gasteiger partial charge in [0.2, 0.25) is 12.7 Å². The number of nitrogens with one attached hydrogen (secondary N) is 1. The molecule has 1 saturated heterocycles. The topological polar surface area (TPSA) is 126 Å². The summed E-state index contributed by atoms with van der Waals surface area (Å²) in [5.74, 6) is -1.59. The molecule has 1 heterocycles. The summed E-state index contributed by atoms with van der Waals surface area (Å²) in [6, 6.07) is 0. The van der Waals surface area contributed by atoms with Gasteiger partial charge >= 0.3 is 19.8 Å². The Hall–Kier alpha value is -1.48. The summed E-state index contributed by atoms with van der Waals surface area (Å²) in [4.78, 5) is 35.2. The predicted octanol–water partition coefficient (Wildman–Crippen LogP) is 1.78. The van der Waals surface area contributed by atoms with E-state index in [1.165, 1.54) is 7.11 Å². The highest BCUT2D eigenvalue weighted by molar-refractivity contribution is 7.48. The van der Waals surface area contributed by atoms with Crippen molar-refractivity contribution in [2.45, 2.75) is 47.1 Å². The molecule has 1 fully saturated rings. The molecule has 156 valence electrons. The normalized spacial score (nSPS) is 24.7. The third-order valence-electron chi connectivity index (χ3n) is 3.65. The molecule has 1 aliphatic heterocycles. The molecular weight excluding hydrogens is 381 g/mol. The number of amides is 1. The minimum Gasteiger partial charge on any atom is -0.469 e. The van der Waals surface area contributed by atoms with E-state index in [4.69, 9.17) is 18.3 Å². The van der Waals surface area contributed by atoms with E-state index in [0.29, 0.717) is 0 Å². The third-order valence-corrected chi connectivity index (χ3v) is 4.98. The zero-order valence-corrected chi connectivity index (χ0v) is 17.4. The molecule has 1 aliphatic rings. The van der Waals surface area contributed by atoms with E-state index >= 15 is 0 Å². The lowest BCUT2D eigenvalue weighted by Gasteiger charge is -2.39. The zero-order chi connectivity index (χ0) is 20.9. The van der Waals surface area contributed by atoms with Gasteiger partial charge in [-0.25, -0.2) is 9.09 Å². The number of rotatable bonds is 7. The van der Waals surface area contributed by atoms with Crippen LogP contribution in [0.25, 0.3) is 0 Å². The van der Waals surface area contributed by atoms with E-state index in [-0.39, 0.29) is 19.6 Å². The molecular formula is C16H28NO9P. The van der Waals surface area contributed by atoms with E-state index in [0.717, 1.165) is 0 Å². The number of carbonyl (C=O) groups excluding carboxylic acids is 3. The van der Waals surface area contributed by atoms with Crippen LogP contribution in [0.1, 0.15) is 41.0 Å². The van der Waals surface area contributed by atoms with Crippen molar-refractivity contribution in [3.63, 3.8) is 0 Å². The van der Waals surface area contributed by atoms with Crippen molar-refractivity contribution in [1.82, 2.24) is 5.32 Å². The van der Waals surface area contributed by atoms with Gasteiger partial charge < -0.3 is 14.8 Å². The summed E-state index contributed by atoms with van der Waals surface area (Å²) in [7, 11) is -2.85. The molecule has 1 rings (SSSR count). The summed E-state index contributed by atoms with van der Waals surface area (Å²) < 4.78 is 37.4. The van der Waals surface area contributed by atoms with Crippen LogP contribution in [-0.2, 0) is 42.0 Å². The van der Waals surface area contributed by atoms with Crippen molar-refractivity contribution in [3.05, 3.63) is 0 Å². The van der Waals surface area contributed by atoms with Gasteiger partial charge in [-0.15, -0.1) is 0 Å². The number of hydrogen-bond donors (Lipinski definition) is 1. The van der Waals surface area contributed by atoms with Crippen LogP contribution < -0.4 is 5.32 Å². The molecule has 0 aliphatic carbocycles. The number of phosphoric ester groups is 1. The number of carbonyl (C=O) groups is 3. The summed E-state index contributed by atoms with van der Waals surface area (Å²) >= 11 is 0. The molecule has 11 heteroatoms. The number of esters is 2. The molecule has 0 spiro atoms. The molecule has 0 aromatic rings. The van der Waals surface area contributed by atoms with Crippen molar-refractivity contribution < 1.29 is 42.0 Å². The van der Waals surface area contributed by atoms with Crippen LogP contribution in [-0.4, -0.2) is 51.0 Å². The van der Waals surface area contributed by atoms with E-state index in [9.17, 15) is 18.9 Å². The smallest absolute Gasteiger partial charge is 0.469 e. The molecule has 10 nitrogen and oxygen atoms in total. The van der Waals surface area contributed by atoms with E-state index in [2.05, 4.69) is 10.1 Å². The molecule has 1 unspecified atom stereocenters. The predicted molar refractivity (Wildman–Crippen MR) is 93.4 cm³/mol. The van der Waals surface area contributed by atoms with Crippen molar-refractivity contribution in [2.75, 3.05) is 27.1 Å². The largest absolute Gasteiger partial charge is 0.478 e. The summed E-state index contributed by atoms with van der Waals surface area (Å²) in [5, 5.41) is 2.52. The van der Waals surface area contributed by atoms with Gasteiger partial charge in [-0.1, -0.05) is 13.8 Å². The number of phosphoric acid groups is 1. The van der Waals surface area contributed by atoms with Crippen LogP contribution >= 0.6 is 7.82 Å². The third kappa shape index (κ3) is 7.21. The van der Waals surface area contributed by atoms with E-state index < -0.39 is 49.4 Å². The first-order chi connectivity index (χ1) is 12.3. The van der Waals surface area contributed by atoms with Crippen molar-refractivity contribution in [1.29, 1.82) is 0 Å². The number of methoxy groups -OCH3 is 1. The fourth-order valence-corrected chi connectivity index (χ4v) is 3.45. The molecule has 0 radical (unpaired) electrons. The Morgan fingerprint density at radius 3 is 2.44 bits per heavy atom. The maximum Gasteiger partial charge on any atom is 0.478 e. The fraction of sp³-hybridized carbons (Fsp3) is 0.812. The van der Waals surface area contributed by atoms with Gasteiger partial charge in [-0.05, 0) is 20.8 Å². The van der Waals surface area contributed by atoms with Gasteiger partial charge in [0.05, 0.1) is 25.6 Å². The Labute approximate surface area is 158 Å². The maximum absolute atomic E-state index is 12.6. The van der Waals surface area contributed by atoms with Gasteiger partial charge in [0.25, 0.3) is 0 Å². The average Bonchev–Trinajstić information content (AvgIpc) is 2.56. The molecule has 0 aromatic heterocycles. The molecule has 0 saturated carbocycles. The van der Waals surface area contributed by atoms with Gasteiger partial charge in [-0.2, -0.15) is 0 Å². The molecule has 0 aromatic carbocycles. The highest BCUT2D eigenvalue weighted by atomic mass is 31.2. The monoisotopic (exact) mass is 409 g/mol. The first-order valence-corrected chi connectivity index (χ1v) is 9.86. The standard InChI is InChI=1S/C16H28NO9P/c1-15(2,3)14(20)23-10-25-27(21)24-9-16(4,5)12(26-27)13(19)17-8-7-11(18)22-6/h12H,7-10H2,1-6H3,(H,17,19)/t12-,27?/m0/s1. The lowest BCUT2D eigenvalue weighted by Crippen LogP contribution is -2.50. The van der Waals surface area contributed by atoms with Crippen LogP contribution in [0.4, 0.5) is 0 Å². The Kier molecular flexibility index (Phi) is 7.98. The second-order valence-corrected chi connectivity index (χ2v) is 9.36. The lowest BCUT2D eigenvalue weighted by molar-refractivity contribution is -0.163. The highest BCUT2D eigenvalue weighted by Crippen LogP contribution is 2.57. The Balaban J connectivity index is 2.65. The van der Waals surface area contributed by atoms with Crippen molar-refractivity contribution >= 4 is 25.7 Å². The molecule has 2 atom stereocenters. The summed E-state index contributed by atoms with van der Waals surface area (Å²) in [5.41, 5.74) is -1.55. The lowest BCUT2D eigenvalue weighted by atomic mass is 9.87. The van der Waals surface area contributed by atoms with Crippen LogP contribution in [0.15, 0.2) is 0 Å². The van der Waals surface area contributed by atoms with E-state index in [1.807, 2.05) is 0 Å². The summed E-state index contributed by atoms with van der Waals surface area (Å²) in [6.45, 7) is 7.68. The van der Waals surface area contributed by atoms with E-state index in [1.54, 1.807) is 34.6 Å². The number of hydrogen-bond acceptors (Lipinski definition) is 9. The van der Waals surface area contributed by atoms with Gasteiger partial charge in [0, 0.05) is 12.0 Å². The van der Waals surface area contributed by atoms with Crippen LogP contribution in [0.5, 0.6) is 0 Å². The minimum absolute atomic E-state index is 0.0111. The van der Waals surface area contributed by atoms with Crippen LogP contribution in [0.2, 0.25) is 0 Å². The van der Waals surface area contributed by atoms with Crippen molar-refractivity contribution in [2.24, 2.45) is 10.8 Å². The second kappa shape index (κ2) is 9.14. The second-order valence-electron chi connectivity index (χ2n) is 7.74. The Bertz CT molecular complexity index is 612. The van der Waals surface area contributed by atoms with Crippen LogP contribution in [0.3, 0.4) is 0 Å². The molecule has 27 heavy (non-hydrogen) atoms. The molecule has 1 amide bonds. The zero-order valence-electron chi connectivity index (χ0n) is 16.5. The van der Waals surface area contributed by atoms with Gasteiger partial charge in [0.15, 0.2) is 6.10 Å². The first-order valence-electron chi connectivity index (χ1n) is 8.40. The van der Waals surface area contributed by atoms with Crippen LogP contribution in [0, 0.1) is 10.8 Å². The van der Waals surface area contributed by atoms with Crippen molar-refractivity contribution in [3.8, 4) is 0 Å². The molecule has 0 bridgehead atoms. The Morgan fingerprint density at radius 1 is 1.26 bits per heavy atom. The maximum atomic E-state index is 12.6. The molecule has 1 N–H and O–H groups in total.